The standard InChI is InChI=1S/C9H18N2O4/c1-5(15-9(13)7(3)11)4-14-8(12)6(2)10/h5-7H,4,10-11H2,1-3H3/t5-,6-,7-/m0/s1. The van der Waals surface area contributed by atoms with Gasteiger partial charge in [-0.3, -0.25) is 9.59 Å². The molecule has 6 nitrogen and oxygen atoms in total. The monoisotopic (exact) mass is 218 g/mol. The van der Waals surface area contributed by atoms with Crippen molar-refractivity contribution in [3.05, 3.63) is 0 Å². The van der Waals surface area contributed by atoms with E-state index in [9.17, 15) is 9.59 Å². The van der Waals surface area contributed by atoms with Crippen LogP contribution in [-0.2, 0) is 19.1 Å². The summed E-state index contributed by atoms with van der Waals surface area (Å²) < 4.78 is 9.62. The van der Waals surface area contributed by atoms with E-state index in [0.29, 0.717) is 0 Å². The molecule has 4 N–H and O–H groups in total. The van der Waals surface area contributed by atoms with Gasteiger partial charge >= 0.3 is 11.9 Å². The fourth-order valence-electron chi connectivity index (χ4n) is 0.671. The van der Waals surface area contributed by atoms with Gasteiger partial charge in [0.05, 0.1) is 0 Å². The van der Waals surface area contributed by atoms with Crippen LogP contribution >= 0.6 is 0 Å². The highest BCUT2D eigenvalue weighted by Crippen LogP contribution is 1.96. The minimum atomic E-state index is -0.684. The molecular weight excluding hydrogens is 200 g/mol. The van der Waals surface area contributed by atoms with Crippen LogP contribution < -0.4 is 11.5 Å². The summed E-state index contributed by atoms with van der Waals surface area (Å²) in [4.78, 5) is 22.0. The maximum Gasteiger partial charge on any atom is 0.323 e. The van der Waals surface area contributed by atoms with Gasteiger partial charge in [0.25, 0.3) is 0 Å². The second-order valence-corrected chi connectivity index (χ2v) is 3.45. The summed E-state index contributed by atoms with van der Waals surface area (Å²) >= 11 is 0. The van der Waals surface area contributed by atoms with Crippen LogP contribution in [0.3, 0.4) is 0 Å². The van der Waals surface area contributed by atoms with Crippen molar-refractivity contribution < 1.29 is 19.1 Å². The van der Waals surface area contributed by atoms with Crippen LogP contribution in [0.25, 0.3) is 0 Å². The minimum absolute atomic E-state index is 0.0150. The Hall–Kier alpha value is -1.14. The van der Waals surface area contributed by atoms with Gasteiger partial charge in [0.2, 0.25) is 0 Å². The number of hydrogen-bond acceptors (Lipinski definition) is 6. The normalized spacial score (nSPS) is 16.3. The highest BCUT2D eigenvalue weighted by Gasteiger charge is 2.16. The average molecular weight is 218 g/mol. The van der Waals surface area contributed by atoms with Crippen LogP contribution in [0.4, 0.5) is 0 Å². The van der Waals surface area contributed by atoms with Crippen LogP contribution in [0, 0.1) is 0 Å². The lowest BCUT2D eigenvalue weighted by Crippen LogP contribution is -2.35. The van der Waals surface area contributed by atoms with Crippen LogP contribution in [0.1, 0.15) is 20.8 Å². The highest BCUT2D eigenvalue weighted by molar-refractivity contribution is 5.75. The van der Waals surface area contributed by atoms with Crippen molar-refractivity contribution >= 4 is 11.9 Å². The zero-order valence-corrected chi connectivity index (χ0v) is 9.23. The molecule has 0 aromatic rings. The SMILES string of the molecule is C[C@H](N)C(=O)OC[C@H](C)OC(=O)[C@H](C)N. The molecule has 0 saturated heterocycles. The summed E-state index contributed by atoms with van der Waals surface area (Å²) in [5, 5.41) is 0. The Kier molecular flexibility index (Phi) is 5.88. The van der Waals surface area contributed by atoms with Crippen molar-refractivity contribution in [2.45, 2.75) is 39.0 Å². The van der Waals surface area contributed by atoms with Gasteiger partial charge in [-0.2, -0.15) is 0 Å². The molecule has 0 radical (unpaired) electrons. The molecule has 6 heteroatoms. The first-order valence-corrected chi connectivity index (χ1v) is 4.73. The smallest absolute Gasteiger partial charge is 0.323 e. The van der Waals surface area contributed by atoms with Gasteiger partial charge in [0, 0.05) is 0 Å². The third-order valence-corrected chi connectivity index (χ3v) is 1.52. The van der Waals surface area contributed by atoms with E-state index in [1.165, 1.54) is 13.8 Å². The molecule has 0 aromatic carbocycles. The van der Waals surface area contributed by atoms with E-state index in [2.05, 4.69) is 0 Å². The second kappa shape index (κ2) is 6.36. The number of ether oxygens (including phenoxy) is 2. The molecule has 3 atom stereocenters. The minimum Gasteiger partial charge on any atom is -0.461 e. The van der Waals surface area contributed by atoms with Gasteiger partial charge in [0.1, 0.15) is 24.8 Å². The zero-order chi connectivity index (χ0) is 12.0. The molecule has 0 unspecified atom stereocenters. The summed E-state index contributed by atoms with van der Waals surface area (Å²) in [6.45, 7) is 4.62. The van der Waals surface area contributed by atoms with Crippen LogP contribution in [0.15, 0.2) is 0 Å². The lowest BCUT2D eigenvalue weighted by atomic mass is 10.3. The van der Waals surface area contributed by atoms with Gasteiger partial charge in [-0.25, -0.2) is 0 Å². The first-order chi connectivity index (χ1) is 6.84. The number of carbonyl (C=O) groups excluding carboxylic acids is 2. The number of carbonyl (C=O) groups is 2. The molecule has 0 aliphatic heterocycles. The Morgan fingerprint density at radius 2 is 1.53 bits per heavy atom. The third kappa shape index (κ3) is 6.03. The fraction of sp³-hybridized carbons (Fsp3) is 0.778. The Labute approximate surface area is 88.9 Å². The van der Waals surface area contributed by atoms with Crippen molar-refractivity contribution in [1.82, 2.24) is 0 Å². The Morgan fingerprint density at radius 3 is 1.93 bits per heavy atom. The molecule has 0 amide bonds. The highest BCUT2D eigenvalue weighted by atomic mass is 16.6. The molecule has 0 fully saturated rings. The molecule has 0 rings (SSSR count). The van der Waals surface area contributed by atoms with E-state index in [0.717, 1.165) is 0 Å². The number of rotatable bonds is 5. The fourth-order valence-corrected chi connectivity index (χ4v) is 0.671. The van der Waals surface area contributed by atoms with Gasteiger partial charge in [0.15, 0.2) is 0 Å². The van der Waals surface area contributed by atoms with E-state index in [1.807, 2.05) is 0 Å². The molecule has 15 heavy (non-hydrogen) atoms. The molecule has 0 heterocycles. The zero-order valence-electron chi connectivity index (χ0n) is 9.23. The molecule has 0 bridgehead atoms. The molecular formula is C9H18N2O4. The largest absolute Gasteiger partial charge is 0.461 e. The third-order valence-electron chi connectivity index (χ3n) is 1.52. The maximum absolute atomic E-state index is 11.0. The number of esters is 2. The van der Waals surface area contributed by atoms with E-state index in [-0.39, 0.29) is 6.61 Å². The predicted octanol–water partition coefficient (Wildman–Crippen LogP) is -0.844. The van der Waals surface area contributed by atoms with E-state index in [1.54, 1.807) is 6.92 Å². The molecule has 0 spiro atoms. The predicted molar refractivity (Wildman–Crippen MR) is 53.8 cm³/mol. The average Bonchev–Trinajstić information content (AvgIpc) is 2.13. The quantitative estimate of drug-likeness (QED) is 0.583. The first-order valence-electron chi connectivity index (χ1n) is 4.73. The van der Waals surface area contributed by atoms with E-state index >= 15 is 0 Å². The van der Waals surface area contributed by atoms with Crippen molar-refractivity contribution in [3.63, 3.8) is 0 Å². The summed E-state index contributed by atoms with van der Waals surface area (Å²) in [5.74, 6) is -1.06. The number of hydrogen-bond donors (Lipinski definition) is 2. The molecule has 0 aliphatic carbocycles. The lowest BCUT2D eigenvalue weighted by Gasteiger charge is -2.15. The topological polar surface area (TPSA) is 105 Å². The summed E-state index contributed by atoms with van der Waals surface area (Å²) in [7, 11) is 0. The van der Waals surface area contributed by atoms with Gasteiger partial charge in [-0.1, -0.05) is 0 Å². The van der Waals surface area contributed by atoms with Crippen LogP contribution in [0.5, 0.6) is 0 Å². The summed E-state index contributed by atoms with van der Waals surface area (Å²) in [6, 6.07) is -1.36. The Morgan fingerprint density at radius 1 is 1.07 bits per heavy atom. The molecule has 0 aromatic heterocycles. The summed E-state index contributed by atoms with van der Waals surface area (Å²) in [5.41, 5.74) is 10.6. The summed E-state index contributed by atoms with van der Waals surface area (Å²) in [6.07, 6.45) is -0.522. The van der Waals surface area contributed by atoms with E-state index in [4.69, 9.17) is 20.9 Å². The molecule has 0 aliphatic rings. The molecule has 0 saturated carbocycles. The van der Waals surface area contributed by atoms with Crippen molar-refractivity contribution in [2.24, 2.45) is 11.5 Å². The second-order valence-electron chi connectivity index (χ2n) is 3.45. The van der Waals surface area contributed by atoms with Crippen molar-refractivity contribution in [3.8, 4) is 0 Å². The number of nitrogens with two attached hydrogens (primary N) is 2. The van der Waals surface area contributed by atoms with Crippen molar-refractivity contribution in [2.75, 3.05) is 6.61 Å². The van der Waals surface area contributed by atoms with Crippen LogP contribution in [0.2, 0.25) is 0 Å². The van der Waals surface area contributed by atoms with Gasteiger partial charge in [-0.05, 0) is 20.8 Å². The van der Waals surface area contributed by atoms with Crippen molar-refractivity contribution in [1.29, 1.82) is 0 Å². The Bertz CT molecular complexity index is 228. The molecule has 88 valence electrons. The van der Waals surface area contributed by atoms with Gasteiger partial charge < -0.3 is 20.9 Å². The van der Waals surface area contributed by atoms with Gasteiger partial charge in [-0.15, -0.1) is 0 Å². The lowest BCUT2D eigenvalue weighted by molar-refractivity contribution is -0.159. The van der Waals surface area contributed by atoms with E-state index < -0.39 is 30.1 Å². The first kappa shape index (κ1) is 13.9. The maximum atomic E-state index is 11.0. The Balaban J connectivity index is 3.80. The van der Waals surface area contributed by atoms with Crippen LogP contribution in [-0.4, -0.2) is 36.7 Å².